The Morgan fingerprint density at radius 3 is 2.79 bits per heavy atom. The van der Waals surface area contributed by atoms with Crippen LogP contribution in [0.5, 0.6) is 0 Å². The summed E-state index contributed by atoms with van der Waals surface area (Å²) in [5.74, 6) is -0.174. The quantitative estimate of drug-likeness (QED) is 0.850. The summed E-state index contributed by atoms with van der Waals surface area (Å²) < 4.78 is 26.3. The minimum absolute atomic E-state index is 0.103. The van der Waals surface area contributed by atoms with Crippen molar-refractivity contribution in [3.63, 3.8) is 0 Å². The standard InChI is InChI=1S/C11H18N4O3S/c1-14(2)11(16)10-5-3-4-6-15(10)19(17,18)9-7-12-13-8-9/h7-8,10H,3-6H2,1-2H3,(H,12,13)/t10-/m0/s1. The average Bonchev–Trinajstić information content (AvgIpc) is 2.92. The van der Waals surface area contributed by atoms with Crippen LogP contribution in [0.4, 0.5) is 0 Å². The van der Waals surface area contributed by atoms with Crippen LogP contribution in [0.3, 0.4) is 0 Å². The second-order valence-corrected chi connectivity index (χ2v) is 6.68. The first kappa shape index (κ1) is 14.0. The smallest absolute Gasteiger partial charge is 0.246 e. The molecule has 0 bridgehead atoms. The van der Waals surface area contributed by atoms with Gasteiger partial charge in [-0.2, -0.15) is 9.40 Å². The lowest BCUT2D eigenvalue weighted by molar-refractivity contribution is -0.133. The molecule has 1 amide bonds. The number of amides is 1. The first-order valence-electron chi connectivity index (χ1n) is 6.16. The van der Waals surface area contributed by atoms with Crippen molar-refractivity contribution in [2.45, 2.75) is 30.2 Å². The van der Waals surface area contributed by atoms with Gasteiger partial charge >= 0.3 is 0 Å². The number of aromatic nitrogens is 2. The van der Waals surface area contributed by atoms with E-state index in [2.05, 4.69) is 10.2 Å². The Bertz CT molecular complexity index is 538. The highest BCUT2D eigenvalue weighted by Crippen LogP contribution is 2.25. The van der Waals surface area contributed by atoms with Crippen molar-refractivity contribution in [2.24, 2.45) is 0 Å². The van der Waals surface area contributed by atoms with E-state index in [0.29, 0.717) is 13.0 Å². The first-order chi connectivity index (χ1) is 8.94. The summed E-state index contributed by atoms with van der Waals surface area (Å²) in [7, 11) is -0.377. The normalized spacial score (nSPS) is 21.3. The van der Waals surface area contributed by atoms with Crippen molar-refractivity contribution in [1.29, 1.82) is 0 Å². The van der Waals surface area contributed by atoms with Gasteiger partial charge in [0.15, 0.2) is 0 Å². The molecule has 1 saturated heterocycles. The van der Waals surface area contributed by atoms with Gasteiger partial charge in [-0.25, -0.2) is 8.42 Å². The number of H-pyrrole nitrogens is 1. The second-order valence-electron chi connectivity index (χ2n) is 4.79. The van der Waals surface area contributed by atoms with Crippen LogP contribution in [0.25, 0.3) is 0 Å². The Morgan fingerprint density at radius 2 is 2.21 bits per heavy atom. The van der Waals surface area contributed by atoms with E-state index >= 15 is 0 Å². The molecule has 0 unspecified atom stereocenters. The third-order valence-electron chi connectivity index (χ3n) is 3.26. The topological polar surface area (TPSA) is 86.4 Å². The molecule has 1 aromatic rings. The molecule has 8 heteroatoms. The van der Waals surface area contributed by atoms with Gasteiger partial charge < -0.3 is 4.90 Å². The van der Waals surface area contributed by atoms with Gasteiger partial charge in [0.1, 0.15) is 10.9 Å². The maximum absolute atomic E-state index is 12.5. The molecule has 19 heavy (non-hydrogen) atoms. The number of carbonyl (C=O) groups is 1. The molecular formula is C11H18N4O3S. The first-order valence-corrected chi connectivity index (χ1v) is 7.60. The monoisotopic (exact) mass is 286 g/mol. The SMILES string of the molecule is CN(C)C(=O)[C@@H]1CCCCN1S(=O)(=O)c1cn[nH]c1. The molecule has 1 atom stereocenters. The Labute approximate surface area is 112 Å². The van der Waals surface area contributed by atoms with E-state index in [1.54, 1.807) is 14.1 Å². The summed E-state index contributed by atoms with van der Waals surface area (Å²) in [6.45, 7) is 0.373. The van der Waals surface area contributed by atoms with Crippen molar-refractivity contribution < 1.29 is 13.2 Å². The van der Waals surface area contributed by atoms with Gasteiger partial charge in [-0.05, 0) is 12.8 Å². The molecule has 0 saturated carbocycles. The van der Waals surface area contributed by atoms with Crippen molar-refractivity contribution in [3.8, 4) is 0 Å². The van der Waals surface area contributed by atoms with Crippen LogP contribution < -0.4 is 0 Å². The molecule has 1 N–H and O–H groups in total. The number of hydrogen-bond acceptors (Lipinski definition) is 4. The van der Waals surface area contributed by atoms with E-state index in [1.165, 1.54) is 21.6 Å². The number of likely N-dealkylation sites (N-methyl/N-ethyl adjacent to an activating group) is 1. The van der Waals surface area contributed by atoms with Crippen LogP contribution in [0, 0.1) is 0 Å². The van der Waals surface area contributed by atoms with Gasteiger partial charge in [-0.3, -0.25) is 9.89 Å². The fourth-order valence-electron chi connectivity index (χ4n) is 2.25. The number of nitrogens with one attached hydrogen (secondary N) is 1. The molecule has 1 aliphatic rings. The Morgan fingerprint density at radius 1 is 1.47 bits per heavy atom. The lowest BCUT2D eigenvalue weighted by atomic mass is 10.0. The molecule has 1 aliphatic heterocycles. The molecule has 106 valence electrons. The molecule has 0 radical (unpaired) electrons. The Hall–Kier alpha value is -1.41. The Balaban J connectivity index is 2.33. The predicted octanol–water partition coefficient (Wildman–Crippen LogP) is 0.0411. The molecule has 2 rings (SSSR count). The number of nitrogens with zero attached hydrogens (tertiary/aromatic N) is 3. The van der Waals surface area contributed by atoms with Gasteiger partial charge in [0.2, 0.25) is 15.9 Å². The van der Waals surface area contributed by atoms with E-state index in [4.69, 9.17) is 0 Å². The van der Waals surface area contributed by atoms with E-state index in [-0.39, 0.29) is 10.8 Å². The molecule has 0 aliphatic carbocycles. The van der Waals surface area contributed by atoms with Crippen LogP contribution in [0.1, 0.15) is 19.3 Å². The fraction of sp³-hybridized carbons (Fsp3) is 0.636. The highest BCUT2D eigenvalue weighted by atomic mass is 32.2. The van der Waals surface area contributed by atoms with Crippen molar-refractivity contribution in [3.05, 3.63) is 12.4 Å². The molecular weight excluding hydrogens is 268 g/mol. The molecule has 2 heterocycles. The van der Waals surface area contributed by atoms with Gasteiger partial charge in [0, 0.05) is 26.8 Å². The van der Waals surface area contributed by atoms with Crippen LogP contribution in [-0.2, 0) is 14.8 Å². The van der Waals surface area contributed by atoms with Crippen LogP contribution >= 0.6 is 0 Å². The zero-order valence-corrected chi connectivity index (χ0v) is 11.9. The minimum atomic E-state index is -3.65. The van der Waals surface area contributed by atoms with Crippen molar-refractivity contribution in [1.82, 2.24) is 19.4 Å². The average molecular weight is 286 g/mol. The van der Waals surface area contributed by atoms with E-state index in [9.17, 15) is 13.2 Å². The number of sulfonamides is 1. The number of rotatable bonds is 3. The van der Waals surface area contributed by atoms with E-state index < -0.39 is 16.1 Å². The summed E-state index contributed by atoms with van der Waals surface area (Å²) >= 11 is 0. The van der Waals surface area contributed by atoms with Crippen LogP contribution in [0.15, 0.2) is 17.3 Å². The number of hydrogen-bond donors (Lipinski definition) is 1. The van der Waals surface area contributed by atoms with Gasteiger partial charge in [-0.1, -0.05) is 6.42 Å². The van der Waals surface area contributed by atoms with Crippen molar-refractivity contribution >= 4 is 15.9 Å². The predicted molar refractivity (Wildman–Crippen MR) is 68.8 cm³/mol. The fourth-order valence-corrected chi connectivity index (χ4v) is 3.81. The van der Waals surface area contributed by atoms with Crippen LogP contribution in [0.2, 0.25) is 0 Å². The molecule has 1 fully saturated rings. The third kappa shape index (κ3) is 2.64. The highest BCUT2D eigenvalue weighted by molar-refractivity contribution is 7.89. The Kier molecular flexibility index (Phi) is 3.91. The summed E-state index contributed by atoms with van der Waals surface area (Å²) in [6.07, 6.45) is 4.80. The maximum Gasteiger partial charge on any atom is 0.246 e. The lowest BCUT2D eigenvalue weighted by Gasteiger charge is -2.34. The molecule has 1 aromatic heterocycles. The number of piperidine rings is 1. The number of carbonyl (C=O) groups excluding carboxylic acids is 1. The summed E-state index contributed by atoms with van der Waals surface area (Å²) in [5, 5.41) is 6.15. The summed E-state index contributed by atoms with van der Waals surface area (Å²) in [6, 6.07) is -0.608. The maximum atomic E-state index is 12.5. The van der Waals surface area contributed by atoms with Crippen LogP contribution in [-0.4, -0.2) is 60.4 Å². The van der Waals surface area contributed by atoms with Gasteiger partial charge in [0.05, 0.1) is 6.20 Å². The van der Waals surface area contributed by atoms with Gasteiger partial charge in [0.25, 0.3) is 0 Å². The molecule has 7 nitrogen and oxygen atoms in total. The van der Waals surface area contributed by atoms with Gasteiger partial charge in [-0.15, -0.1) is 0 Å². The highest BCUT2D eigenvalue weighted by Gasteiger charge is 2.38. The zero-order chi connectivity index (χ0) is 14.0. The summed E-state index contributed by atoms with van der Waals surface area (Å²) in [4.78, 5) is 13.7. The van der Waals surface area contributed by atoms with E-state index in [0.717, 1.165) is 12.8 Å². The largest absolute Gasteiger partial charge is 0.347 e. The number of aromatic amines is 1. The summed E-state index contributed by atoms with van der Waals surface area (Å²) in [5.41, 5.74) is 0. The third-order valence-corrected chi connectivity index (χ3v) is 5.13. The minimum Gasteiger partial charge on any atom is -0.347 e. The second kappa shape index (κ2) is 5.30. The zero-order valence-electron chi connectivity index (χ0n) is 11.0. The van der Waals surface area contributed by atoms with Crippen molar-refractivity contribution in [2.75, 3.05) is 20.6 Å². The molecule has 0 aromatic carbocycles. The lowest BCUT2D eigenvalue weighted by Crippen LogP contribution is -2.51. The van der Waals surface area contributed by atoms with E-state index in [1.807, 2.05) is 0 Å². The molecule has 0 spiro atoms.